The van der Waals surface area contributed by atoms with Gasteiger partial charge in [0.25, 0.3) is 0 Å². The molecule has 0 spiro atoms. The Kier molecular flexibility index (Phi) is 6.93. The minimum atomic E-state index is -0.879. The van der Waals surface area contributed by atoms with Crippen LogP contribution in [0, 0.1) is 0 Å². The van der Waals surface area contributed by atoms with Gasteiger partial charge in [0.15, 0.2) is 0 Å². The zero-order valence-electron chi connectivity index (χ0n) is 11.7. The minimum absolute atomic E-state index is 0.0387. The molecule has 20 heavy (non-hydrogen) atoms. The molecule has 1 rings (SSSR count). The van der Waals surface area contributed by atoms with Gasteiger partial charge in [-0.15, -0.1) is 0 Å². The molecule has 5 nitrogen and oxygen atoms in total. The van der Waals surface area contributed by atoms with Crippen molar-refractivity contribution >= 4 is 23.8 Å². The van der Waals surface area contributed by atoms with Crippen LogP contribution in [0.3, 0.4) is 0 Å². The first-order chi connectivity index (χ1) is 9.52. The number of carboxylic acid groups (broad SMARTS) is 1. The van der Waals surface area contributed by atoms with Gasteiger partial charge < -0.3 is 15.7 Å². The normalized spacial score (nSPS) is 11.7. The summed E-state index contributed by atoms with van der Waals surface area (Å²) >= 11 is 1.68. The predicted molar refractivity (Wildman–Crippen MR) is 81.0 cm³/mol. The van der Waals surface area contributed by atoms with Crippen molar-refractivity contribution in [2.75, 3.05) is 12.8 Å². The second kappa shape index (κ2) is 8.47. The fourth-order valence-corrected chi connectivity index (χ4v) is 1.87. The lowest BCUT2D eigenvalue weighted by atomic mass is 10.0. The molecule has 0 radical (unpaired) electrons. The Bertz CT molecular complexity index is 465. The van der Waals surface area contributed by atoms with E-state index in [1.165, 1.54) is 0 Å². The van der Waals surface area contributed by atoms with Crippen molar-refractivity contribution in [3.8, 4) is 0 Å². The van der Waals surface area contributed by atoms with E-state index in [0.29, 0.717) is 18.3 Å². The summed E-state index contributed by atoms with van der Waals surface area (Å²) < 4.78 is 0. The fourth-order valence-electron chi connectivity index (χ4n) is 1.62. The molecule has 1 aromatic rings. The third-order valence-electron chi connectivity index (χ3n) is 2.85. The Hall–Kier alpha value is -1.69. The van der Waals surface area contributed by atoms with E-state index >= 15 is 0 Å². The average Bonchev–Trinajstić information content (AvgIpc) is 2.43. The van der Waals surface area contributed by atoms with E-state index in [9.17, 15) is 9.59 Å². The second-order valence-electron chi connectivity index (χ2n) is 4.45. The van der Waals surface area contributed by atoms with Crippen molar-refractivity contribution in [3.63, 3.8) is 0 Å². The van der Waals surface area contributed by atoms with Gasteiger partial charge in [-0.1, -0.05) is 31.2 Å². The lowest BCUT2D eigenvalue weighted by Gasteiger charge is -2.12. The van der Waals surface area contributed by atoms with Crippen molar-refractivity contribution < 1.29 is 14.7 Å². The van der Waals surface area contributed by atoms with Crippen molar-refractivity contribution in [2.24, 2.45) is 0 Å². The molecular formula is C14H20N2O3S. The van der Waals surface area contributed by atoms with E-state index in [-0.39, 0.29) is 12.5 Å². The van der Waals surface area contributed by atoms with E-state index in [2.05, 4.69) is 10.6 Å². The van der Waals surface area contributed by atoms with Gasteiger partial charge in [0, 0.05) is 18.3 Å². The average molecular weight is 296 g/mol. The maximum atomic E-state index is 11.6. The molecule has 2 amide bonds. The lowest BCUT2D eigenvalue weighted by molar-refractivity contribution is -0.136. The van der Waals surface area contributed by atoms with Gasteiger partial charge >= 0.3 is 12.0 Å². The third-order valence-corrected chi connectivity index (χ3v) is 3.82. The molecule has 1 unspecified atom stereocenters. The van der Waals surface area contributed by atoms with Crippen LogP contribution in [0.15, 0.2) is 24.3 Å². The van der Waals surface area contributed by atoms with E-state index < -0.39 is 5.97 Å². The number of carboxylic acids is 1. The highest BCUT2D eigenvalue weighted by Gasteiger charge is 2.08. The molecule has 6 heteroatoms. The Labute approximate surface area is 123 Å². The summed E-state index contributed by atoms with van der Waals surface area (Å²) in [6.45, 7) is 2.96. The van der Waals surface area contributed by atoms with Crippen molar-refractivity contribution in [2.45, 2.75) is 25.1 Å². The molecule has 0 aromatic heterocycles. The van der Waals surface area contributed by atoms with E-state index in [1.807, 2.05) is 25.3 Å². The van der Waals surface area contributed by atoms with E-state index in [0.717, 1.165) is 11.1 Å². The minimum Gasteiger partial charge on any atom is -0.481 e. The molecular weight excluding hydrogens is 276 g/mol. The van der Waals surface area contributed by atoms with Crippen LogP contribution in [-0.4, -0.2) is 35.2 Å². The van der Waals surface area contributed by atoms with Crippen molar-refractivity contribution in [3.05, 3.63) is 35.4 Å². The van der Waals surface area contributed by atoms with Gasteiger partial charge in [-0.05, 0) is 17.4 Å². The highest BCUT2D eigenvalue weighted by Crippen LogP contribution is 2.09. The number of thioether (sulfide) groups is 1. The van der Waals surface area contributed by atoms with Crippen LogP contribution in [0.25, 0.3) is 0 Å². The largest absolute Gasteiger partial charge is 0.481 e. The number of urea groups is 1. The Balaban J connectivity index is 2.48. The molecule has 1 atom stereocenters. The number of rotatable bonds is 7. The highest BCUT2D eigenvalue weighted by molar-refractivity contribution is 7.99. The Morgan fingerprint density at radius 3 is 2.50 bits per heavy atom. The molecule has 1 aromatic carbocycles. The number of benzene rings is 1. The zero-order chi connectivity index (χ0) is 15.0. The lowest BCUT2D eigenvalue weighted by Crippen LogP contribution is -2.38. The Morgan fingerprint density at radius 2 is 1.90 bits per heavy atom. The molecule has 110 valence electrons. The van der Waals surface area contributed by atoms with Gasteiger partial charge in [-0.25, -0.2) is 4.79 Å². The SMILES string of the molecule is CSC(C)CNC(=O)NCc1ccccc1CC(=O)O. The van der Waals surface area contributed by atoms with Gasteiger partial charge in [0.2, 0.25) is 0 Å². The molecule has 0 saturated heterocycles. The third kappa shape index (κ3) is 5.97. The smallest absolute Gasteiger partial charge is 0.315 e. The summed E-state index contributed by atoms with van der Waals surface area (Å²) in [5.41, 5.74) is 1.54. The molecule has 3 N–H and O–H groups in total. The first kappa shape index (κ1) is 16.4. The zero-order valence-corrected chi connectivity index (χ0v) is 12.5. The standard InChI is InChI=1S/C14H20N2O3S/c1-10(20-2)8-15-14(19)16-9-12-6-4-3-5-11(12)7-13(17)18/h3-6,10H,7-9H2,1-2H3,(H,17,18)(H2,15,16,19). The number of carbonyl (C=O) groups is 2. The maximum absolute atomic E-state index is 11.6. The molecule has 0 bridgehead atoms. The number of aliphatic carboxylic acids is 1. The summed E-state index contributed by atoms with van der Waals surface area (Å²) in [5, 5.41) is 14.7. The molecule has 0 fully saturated rings. The van der Waals surface area contributed by atoms with Crippen molar-refractivity contribution in [1.29, 1.82) is 0 Å². The molecule has 0 aliphatic rings. The number of hydrogen-bond acceptors (Lipinski definition) is 3. The number of hydrogen-bond donors (Lipinski definition) is 3. The summed E-state index contributed by atoms with van der Waals surface area (Å²) in [7, 11) is 0. The maximum Gasteiger partial charge on any atom is 0.315 e. The number of amides is 2. The summed E-state index contributed by atoms with van der Waals surface area (Å²) in [4.78, 5) is 22.4. The Morgan fingerprint density at radius 1 is 1.25 bits per heavy atom. The molecule has 0 aliphatic carbocycles. The van der Waals surface area contributed by atoms with Crippen LogP contribution in [0.1, 0.15) is 18.1 Å². The quantitative estimate of drug-likeness (QED) is 0.717. The highest BCUT2D eigenvalue weighted by atomic mass is 32.2. The summed E-state index contributed by atoms with van der Waals surface area (Å²) in [6, 6.07) is 6.97. The predicted octanol–water partition coefficient (Wildman–Crippen LogP) is 1.86. The molecule has 0 saturated carbocycles. The fraction of sp³-hybridized carbons (Fsp3) is 0.429. The monoisotopic (exact) mass is 296 g/mol. The van der Waals surface area contributed by atoms with Crippen LogP contribution in [0.4, 0.5) is 4.79 Å². The topological polar surface area (TPSA) is 78.4 Å². The first-order valence-electron chi connectivity index (χ1n) is 6.36. The van der Waals surface area contributed by atoms with Crippen molar-refractivity contribution in [1.82, 2.24) is 10.6 Å². The van der Waals surface area contributed by atoms with Crippen LogP contribution < -0.4 is 10.6 Å². The van der Waals surface area contributed by atoms with E-state index in [4.69, 9.17) is 5.11 Å². The van der Waals surface area contributed by atoms with Crippen LogP contribution in [0.5, 0.6) is 0 Å². The summed E-state index contributed by atoms with van der Waals surface area (Å²) in [6.07, 6.45) is 1.95. The van der Waals surface area contributed by atoms with Crippen LogP contribution in [-0.2, 0) is 17.8 Å². The van der Waals surface area contributed by atoms with Crippen LogP contribution in [0.2, 0.25) is 0 Å². The van der Waals surface area contributed by atoms with Gasteiger partial charge in [0.1, 0.15) is 0 Å². The summed E-state index contributed by atoms with van der Waals surface area (Å²) in [5.74, 6) is -0.879. The van der Waals surface area contributed by atoms with Gasteiger partial charge in [0.05, 0.1) is 6.42 Å². The number of carbonyl (C=O) groups excluding carboxylic acids is 1. The molecule has 0 heterocycles. The van der Waals surface area contributed by atoms with Gasteiger partial charge in [-0.2, -0.15) is 11.8 Å². The first-order valence-corrected chi connectivity index (χ1v) is 7.64. The van der Waals surface area contributed by atoms with E-state index in [1.54, 1.807) is 23.9 Å². The molecule has 0 aliphatic heterocycles. The second-order valence-corrected chi connectivity index (χ2v) is 5.73. The van der Waals surface area contributed by atoms with Crippen LogP contribution >= 0.6 is 11.8 Å². The number of nitrogens with one attached hydrogen (secondary N) is 2. The van der Waals surface area contributed by atoms with Gasteiger partial charge in [-0.3, -0.25) is 4.79 Å².